The third kappa shape index (κ3) is 12.0. The SMILES string of the molecule is COC(=O)COc1ccc(C)cc1Cc1cc(C)cc(Cc2cc(C)cc(Cc3cc(C)ccc3OCC(=O)OC)c2OCC(=O)OC)c1OCC(=O)OC. The minimum atomic E-state index is -0.557. The van der Waals surface area contributed by atoms with Crippen LogP contribution < -0.4 is 18.9 Å². The van der Waals surface area contributed by atoms with Crippen LogP contribution in [0.15, 0.2) is 60.7 Å². The van der Waals surface area contributed by atoms with E-state index in [-0.39, 0.29) is 32.8 Å². The predicted octanol–water partition coefficient (Wildman–Crippen LogP) is 5.90. The Morgan fingerprint density at radius 1 is 0.382 bits per heavy atom. The number of carbonyl (C=O) groups excluding carboxylic acids is 4. The van der Waals surface area contributed by atoms with Crippen LogP contribution in [0.25, 0.3) is 0 Å². The topological polar surface area (TPSA) is 142 Å². The molecule has 0 aliphatic heterocycles. The van der Waals surface area contributed by atoms with Crippen molar-refractivity contribution in [3.05, 3.63) is 116 Å². The Kier molecular flexibility index (Phi) is 15.1. The summed E-state index contributed by atoms with van der Waals surface area (Å²) in [6, 6.07) is 19.2. The number of hydrogen-bond donors (Lipinski definition) is 0. The molecule has 292 valence electrons. The van der Waals surface area contributed by atoms with Gasteiger partial charge in [0.15, 0.2) is 26.4 Å². The molecule has 0 atom stereocenters. The Morgan fingerprint density at radius 2 is 0.655 bits per heavy atom. The first-order valence-corrected chi connectivity index (χ1v) is 17.6. The maximum absolute atomic E-state index is 12.4. The average molecular weight is 757 g/mol. The van der Waals surface area contributed by atoms with Gasteiger partial charge in [-0.1, -0.05) is 70.8 Å². The summed E-state index contributed by atoms with van der Waals surface area (Å²) in [6.07, 6.45) is 0.973. The third-order valence-electron chi connectivity index (χ3n) is 8.62. The van der Waals surface area contributed by atoms with Gasteiger partial charge in [-0.25, -0.2) is 19.2 Å². The molecule has 0 unspecified atom stereocenters. The van der Waals surface area contributed by atoms with Crippen LogP contribution in [0.4, 0.5) is 0 Å². The predicted molar refractivity (Wildman–Crippen MR) is 203 cm³/mol. The summed E-state index contributed by atoms with van der Waals surface area (Å²) in [5.41, 5.74) is 8.46. The number of benzene rings is 4. The first-order chi connectivity index (χ1) is 26.3. The van der Waals surface area contributed by atoms with Gasteiger partial charge in [0.25, 0.3) is 0 Å². The fraction of sp³-hybridized carbons (Fsp3) is 0.349. The largest absolute Gasteiger partial charge is 0.482 e. The van der Waals surface area contributed by atoms with Gasteiger partial charge in [0, 0.05) is 19.3 Å². The molecule has 12 nitrogen and oxygen atoms in total. The molecule has 0 amide bonds. The summed E-state index contributed by atoms with van der Waals surface area (Å²) >= 11 is 0. The van der Waals surface area contributed by atoms with Gasteiger partial charge < -0.3 is 37.9 Å². The number of carbonyl (C=O) groups is 4. The van der Waals surface area contributed by atoms with Crippen molar-refractivity contribution in [1.29, 1.82) is 0 Å². The van der Waals surface area contributed by atoms with Crippen molar-refractivity contribution in [3.8, 4) is 23.0 Å². The first-order valence-electron chi connectivity index (χ1n) is 17.6. The quantitative estimate of drug-likeness (QED) is 0.0882. The van der Waals surface area contributed by atoms with E-state index in [1.165, 1.54) is 28.4 Å². The van der Waals surface area contributed by atoms with Crippen molar-refractivity contribution in [2.45, 2.75) is 47.0 Å². The minimum absolute atomic E-state index is 0.261. The lowest BCUT2D eigenvalue weighted by Gasteiger charge is -2.21. The molecule has 4 aromatic carbocycles. The number of hydrogen-bond acceptors (Lipinski definition) is 12. The van der Waals surface area contributed by atoms with Crippen molar-refractivity contribution in [3.63, 3.8) is 0 Å². The van der Waals surface area contributed by atoms with Crippen molar-refractivity contribution in [2.75, 3.05) is 54.9 Å². The van der Waals surface area contributed by atoms with Crippen LogP contribution in [0.3, 0.4) is 0 Å². The first kappa shape index (κ1) is 41.7. The molecule has 0 saturated carbocycles. The Labute approximate surface area is 321 Å². The molecule has 12 heteroatoms. The van der Waals surface area contributed by atoms with Gasteiger partial charge in [0.2, 0.25) is 0 Å². The minimum Gasteiger partial charge on any atom is -0.482 e. The summed E-state index contributed by atoms with van der Waals surface area (Å²) in [6.45, 7) is 6.64. The van der Waals surface area contributed by atoms with Crippen LogP contribution in [-0.2, 0) is 57.4 Å². The average Bonchev–Trinajstić information content (AvgIpc) is 3.15. The highest BCUT2D eigenvalue weighted by molar-refractivity contribution is 5.72. The zero-order chi connectivity index (χ0) is 40.1. The van der Waals surface area contributed by atoms with Gasteiger partial charge in [-0.05, 0) is 73.2 Å². The van der Waals surface area contributed by atoms with E-state index in [0.717, 1.165) is 55.6 Å². The van der Waals surface area contributed by atoms with Gasteiger partial charge in [-0.15, -0.1) is 0 Å². The highest BCUT2D eigenvalue weighted by Crippen LogP contribution is 2.37. The third-order valence-corrected chi connectivity index (χ3v) is 8.62. The monoisotopic (exact) mass is 756 g/mol. The summed E-state index contributed by atoms with van der Waals surface area (Å²) in [4.78, 5) is 48.7. The lowest BCUT2D eigenvalue weighted by atomic mass is 9.91. The van der Waals surface area contributed by atoms with Gasteiger partial charge in [0.05, 0.1) is 28.4 Å². The summed E-state index contributed by atoms with van der Waals surface area (Å²) in [5, 5.41) is 0. The Hall–Kier alpha value is -6.04. The van der Waals surface area contributed by atoms with E-state index in [9.17, 15) is 19.2 Å². The second-order valence-electron chi connectivity index (χ2n) is 13.0. The fourth-order valence-corrected chi connectivity index (χ4v) is 6.11. The molecule has 0 saturated heterocycles. The van der Waals surface area contributed by atoms with E-state index in [1.807, 2.05) is 76.2 Å². The molecule has 0 bridgehead atoms. The molecule has 4 rings (SSSR count). The van der Waals surface area contributed by atoms with Gasteiger partial charge in [-0.2, -0.15) is 0 Å². The van der Waals surface area contributed by atoms with E-state index in [2.05, 4.69) is 0 Å². The van der Waals surface area contributed by atoms with E-state index in [4.69, 9.17) is 37.9 Å². The van der Waals surface area contributed by atoms with Crippen LogP contribution in [0.2, 0.25) is 0 Å². The maximum Gasteiger partial charge on any atom is 0.343 e. The standard InChI is InChI=1S/C43H48O12/c1-26-9-11-36(52-22-38(44)48-5)30(13-26)19-32-15-28(3)17-34(42(32)54-24-40(46)50-7)21-35-18-29(4)16-33(43(35)55-25-41(47)51-8)20-31-14-27(2)10-12-37(31)53-23-39(45)49-6/h9-18H,19-25H2,1-8H3. The van der Waals surface area contributed by atoms with Crippen molar-refractivity contribution in [2.24, 2.45) is 0 Å². The van der Waals surface area contributed by atoms with E-state index in [1.54, 1.807) is 12.1 Å². The van der Waals surface area contributed by atoms with E-state index in [0.29, 0.717) is 35.8 Å². The zero-order valence-corrected chi connectivity index (χ0v) is 32.6. The molecule has 0 heterocycles. The Bertz CT molecular complexity index is 1870. The van der Waals surface area contributed by atoms with Crippen LogP contribution in [-0.4, -0.2) is 78.7 Å². The molecular formula is C43H48O12. The van der Waals surface area contributed by atoms with Crippen LogP contribution >= 0.6 is 0 Å². The van der Waals surface area contributed by atoms with E-state index < -0.39 is 23.9 Å². The van der Waals surface area contributed by atoms with Crippen LogP contribution in [0, 0.1) is 27.7 Å². The molecule has 0 fully saturated rings. The number of esters is 4. The lowest BCUT2D eigenvalue weighted by molar-refractivity contribution is -0.143. The second kappa shape index (κ2) is 19.9. The van der Waals surface area contributed by atoms with Gasteiger partial charge in [-0.3, -0.25) is 0 Å². The number of methoxy groups -OCH3 is 4. The van der Waals surface area contributed by atoms with E-state index >= 15 is 0 Å². The summed E-state index contributed by atoms with van der Waals surface area (Å²) in [5.74, 6) is -0.192. The maximum atomic E-state index is 12.4. The second-order valence-corrected chi connectivity index (χ2v) is 13.0. The Morgan fingerprint density at radius 3 is 0.964 bits per heavy atom. The lowest BCUT2D eigenvalue weighted by Crippen LogP contribution is -2.16. The van der Waals surface area contributed by atoms with Crippen molar-refractivity contribution < 1.29 is 57.1 Å². The highest BCUT2D eigenvalue weighted by Gasteiger charge is 2.22. The molecule has 55 heavy (non-hydrogen) atoms. The van der Waals surface area contributed by atoms with Gasteiger partial charge in [0.1, 0.15) is 23.0 Å². The Balaban J connectivity index is 1.84. The summed E-state index contributed by atoms with van der Waals surface area (Å²) in [7, 11) is 5.18. The van der Waals surface area contributed by atoms with Crippen molar-refractivity contribution >= 4 is 23.9 Å². The summed E-state index contributed by atoms with van der Waals surface area (Å²) < 4.78 is 43.5. The molecule has 0 aromatic heterocycles. The number of ether oxygens (including phenoxy) is 8. The van der Waals surface area contributed by atoms with Crippen molar-refractivity contribution in [1.82, 2.24) is 0 Å². The highest BCUT2D eigenvalue weighted by atomic mass is 16.6. The fourth-order valence-electron chi connectivity index (χ4n) is 6.11. The number of aryl methyl sites for hydroxylation is 4. The number of rotatable bonds is 18. The molecule has 0 radical (unpaired) electrons. The van der Waals surface area contributed by atoms with Gasteiger partial charge >= 0.3 is 23.9 Å². The molecular weight excluding hydrogens is 708 g/mol. The smallest absolute Gasteiger partial charge is 0.343 e. The zero-order valence-electron chi connectivity index (χ0n) is 32.6. The molecule has 0 N–H and O–H groups in total. The molecule has 0 spiro atoms. The van der Waals surface area contributed by atoms with Crippen LogP contribution in [0.5, 0.6) is 23.0 Å². The van der Waals surface area contributed by atoms with Crippen LogP contribution in [0.1, 0.15) is 55.6 Å². The molecule has 4 aromatic rings. The molecule has 0 aliphatic rings. The normalized spacial score (nSPS) is 10.6. The molecule has 0 aliphatic carbocycles.